The smallest absolute Gasteiger partial charge is 0.310 e. The predicted octanol–water partition coefficient (Wildman–Crippen LogP) is 2.72. The lowest BCUT2D eigenvalue weighted by Gasteiger charge is -2.40. The third-order valence-corrected chi connectivity index (χ3v) is 9.74. The summed E-state index contributed by atoms with van der Waals surface area (Å²) in [6.07, 6.45) is 2.44. The summed E-state index contributed by atoms with van der Waals surface area (Å²) in [5.41, 5.74) is 2.74. The van der Waals surface area contributed by atoms with Crippen LogP contribution in [0, 0.1) is 31.6 Å². The van der Waals surface area contributed by atoms with Crippen LogP contribution in [0.2, 0.25) is 0 Å². The minimum atomic E-state index is -0.777. The lowest BCUT2D eigenvalue weighted by molar-refractivity contribution is -0.154. The number of carbonyl (C=O) groups excluding carboxylic acids is 3. The van der Waals surface area contributed by atoms with Gasteiger partial charge in [-0.25, -0.2) is 0 Å². The van der Waals surface area contributed by atoms with Gasteiger partial charge in [0.1, 0.15) is 6.04 Å². The van der Waals surface area contributed by atoms with E-state index in [4.69, 9.17) is 4.74 Å². The molecule has 2 bridgehead atoms. The first-order chi connectivity index (χ1) is 16.2. The molecule has 8 heteroatoms. The molecule has 3 aliphatic heterocycles. The number of thioether (sulfide) groups is 1. The Labute approximate surface area is 205 Å². The molecule has 4 rings (SSSR count). The van der Waals surface area contributed by atoms with Crippen LogP contribution in [-0.4, -0.2) is 70.1 Å². The highest BCUT2D eigenvalue weighted by molar-refractivity contribution is 8.02. The van der Waals surface area contributed by atoms with E-state index in [9.17, 15) is 19.5 Å². The monoisotopic (exact) mass is 486 g/mol. The first kappa shape index (κ1) is 24.8. The van der Waals surface area contributed by atoms with E-state index >= 15 is 0 Å². The second-order valence-corrected chi connectivity index (χ2v) is 11.1. The molecule has 1 N–H and O–H groups in total. The summed E-state index contributed by atoms with van der Waals surface area (Å²) in [5.74, 6) is -1.92. The van der Waals surface area contributed by atoms with Gasteiger partial charge in [0.25, 0.3) is 5.91 Å². The molecular weight excluding hydrogens is 452 g/mol. The number of amides is 2. The molecule has 1 aromatic rings. The Hall–Kier alpha value is -2.32. The number of fused-ring (bicyclic) bond motifs is 1. The summed E-state index contributed by atoms with van der Waals surface area (Å²) in [6.45, 7) is 12.0. The van der Waals surface area contributed by atoms with Gasteiger partial charge < -0.3 is 19.6 Å². The average molecular weight is 487 g/mol. The maximum atomic E-state index is 14.4. The Kier molecular flexibility index (Phi) is 6.84. The number of likely N-dealkylation sites (tertiary alicyclic amines) is 1. The number of nitrogens with zero attached hydrogens (tertiary/aromatic N) is 2. The van der Waals surface area contributed by atoms with Crippen LogP contribution in [0.25, 0.3) is 0 Å². The molecule has 2 amide bonds. The van der Waals surface area contributed by atoms with Gasteiger partial charge in [0.15, 0.2) is 0 Å². The minimum absolute atomic E-state index is 0.0513. The molecule has 3 aliphatic rings. The molecule has 3 heterocycles. The van der Waals surface area contributed by atoms with Crippen molar-refractivity contribution >= 4 is 35.2 Å². The Morgan fingerprint density at radius 2 is 2.03 bits per heavy atom. The van der Waals surface area contributed by atoms with E-state index in [-0.39, 0.29) is 48.7 Å². The highest BCUT2D eigenvalue weighted by atomic mass is 32.2. The highest BCUT2D eigenvalue weighted by Crippen LogP contribution is 2.68. The van der Waals surface area contributed by atoms with Gasteiger partial charge in [0.05, 0.1) is 29.8 Å². The number of carbonyl (C=O) groups is 3. The number of benzene rings is 1. The number of β-amino-alcohol motifs (C(OH)–C–C–N with tert-alkyl or cyclic N) is 1. The SMILES string of the molecule is C=CCN(C(=O)C1N(CCO)C(=O)[C@@H]2[C@@H](C(=O)OCC)[C@H]3CC(C)C12S3)c1c(C)cccc1C. The fourth-order valence-corrected chi connectivity index (χ4v) is 8.86. The lowest BCUT2D eigenvalue weighted by Crippen LogP contribution is -2.57. The summed E-state index contributed by atoms with van der Waals surface area (Å²) in [6, 6.07) is 5.11. The van der Waals surface area contributed by atoms with Gasteiger partial charge in [-0.15, -0.1) is 18.3 Å². The third-order valence-electron chi connectivity index (χ3n) is 7.67. The summed E-state index contributed by atoms with van der Waals surface area (Å²) in [7, 11) is 0. The van der Waals surface area contributed by atoms with Crippen LogP contribution in [0.5, 0.6) is 0 Å². The van der Waals surface area contributed by atoms with Gasteiger partial charge in [0, 0.05) is 24.0 Å². The third kappa shape index (κ3) is 3.49. The molecule has 0 radical (unpaired) electrons. The van der Waals surface area contributed by atoms with Gasteiger partial charge in [-0.2, -0.15) is 0 Å². The molecule has 34 heavy (non-hydrogen) atoms. The number of ether oxygens (including phenoxy) is 1. The Bertz CT molecular complexity index is 993. The van der Waals surface area contributed by atoms with Crippen molar-refractivity contribution in [2.24, 2.45) is 17.8 Å². The number of rotatable bonds is 8. The molecule has 1 spiro atoms. The summed E-state index contributed by atoms with van der Waals surface area (Å²) < 4.78 is 4.63. The Morgan fingerprint density at radius 3 is 2.62 bits per heavy atom. The van der Waals surface area contributed by atoms with Crippen molar-refractivity contribution in [2.45, 2.75) is 50.2 Å². The van der Waals surface area contributed by atoms with Crippen molar-refractivity contribution in [1.29, 1.82) is 0 Å². The van der Waals surface area contributed by atoms with Crippen LogP contribution in [-0.2, 0) is 19.1 Å². The van der Waals surface area contributed by atoms with Gasteiger partial charge in [-0.05, 0) is 44.2 Å². The van der Waals surface area contributed by atoms with Gasteiger partial charge in [0.2, 0.25) is 5.91 Å². The summed E-state index contributed by atoms with van der Waals surface area (Å²) >= 11 is 1.61. The molecule has 3 fully saturated rings. The topological polar surface area (TPSA) is 87.2 Å². The van der Waals surface area contributed by atoms with E-state index in [0.717, 1.165) is 23.2 Å². The number of anilines is 1. The van der Waals surface area contributed by atoms with E-state index in [0.29, 0.717) is 6.54 Å². The van der Waals surface area contributed by atoms with E-state index in [2.05, 4.69) is 13.5 Å². The van der Waals surface area contributed by atoms with Crippen LogP contribution < -0.4 is 4.90 Å². The number of aliphatic hydroxyl groups is 1. The average Bonchev–Trinajstić information content (AvgIpc) is 3.37. The molecule has 0 saturated carbocycles. The highest BCUT2D eigenvalue weighted by Gasteiger charge is 2.76. The van der Waals surface area contributed by atoms with Crippen LogP contribution in [0.4, 0.5) is 5.69 Å². The standard InChI is InChI=1S/C26H34N2O5S/c1-6-11-27(21-15(3)9-8-10-16(21)4)24(31)22-26-17(5)14-18(34-26)19(25(32)33-7-2)20(26)23(30)28(22)12-13-29/h6,8-10,17-20,22,29H,1,7,11-14H2,2-5H3/t17?,18-,19+,20+,22?,26?/m1/s1. The maximum absolute atomic E-state index is 14.4. The fraction of sp³-hybridized carbons (Fsp3) is 0.577. The number of hydrogen-bond donors (Lipinski definition) is 1. The van der Waals surface area contributed by atoms with E-state index in [1.165, 1.54) is 4.90 Å². The second-order valence-electron chi connectivity index (χ2n) is 9.54. The number of hydrogen-bond acceptors (Lipinski definition) is 6. The van der Waals surface area contributed by atoms with Gasteiger partial charge in [-0.1, -0.05) is 31.2 Å². The zero-order chi connectivity index (χ0) is 24.8. The molecule has 1 aromatic carbocycles. The normalized spacial score (nSPS) is 31.5. The largest absolute Gasteiger partial charge is 0.466 e. The molecular formula is C26H34N2O5S. The molecule has 184 valence electrons. The molecule has 0 aliphatic carbocycles. The second kappa shape index (κ2) is 9.38. The van der Waals surface area contributed by atoms with Gasteiger partial charge in [-0.3, -0.25) is 14.4 Å². The van der Waals surface area contributed by atoms with Crippen molar-refractivity contribution in [3.05, 3.63) is 42.0 Å². The molecule has 6 atom stereocenters. The van der Waals surface area contributed by atoms with Crippen molar-refractivity contribution < 1.29 is 24.2 Å². The van der Waals surface area contributed by atoms with E-state index in [1.54, 1.807) is 29.7 Å². The molecule has 3 unspecified atom stereocenters. The number of aryl methyl sites for hydroxylation is 2. The van der Waals surface area contributed by atoms with Gasteiger partial charge >= 0.3 is 5.97 Å². The fourth-order valence-electron chi connectivity index (χ4n) is 6.45. The van der Waals surface area contributed by atoms with Crippen LogP contribution in [0.15, 0.2) is 30.9 Å². The van der Waals surface area contributed by atoms with Crippen LogP contribution >= 0.6 is 11.8 Å². The van der Waals surface area contributed by atoms with Crippen molar-refractivity contribution in [1.82, 2.24) is 4.90 Å². The maximum Gasteiger partial charge on any atom is 0.310 e. The first-order valence-corrected chi connectivity index (χ1v) is 12.9. The number of aliphatic hydroxyl groups excluding tert-OH is 1. The van der Waals surface area contributed by atoms with E-state index < -0.39 is 22.6 Å². The van der Waals surface area contributed by atoms with Crippen LogP contribution in [0.3, 0.4) is 0 Å². The molecule has 7 nitrogen and oxygen atoms in total. The van der Waals surface area contributed by atoms with Crippen LogP contribution in [0.1, 0.15) is 31.4 Å². The van der Waals surface area contributed by atoms with E-state index in [1.807, 2.05) is 32.0 Å². The van der Waals surface area contributed by atoms with Crippen molar-refractivity contribution in [3.8, 4) is 0 Å². The minimum Gasteiger partial charge on any atom is -0.466 e. The molecule has 0 aromatic heterocycles. The quantitative estimate of drug-likeness (QED) is 0.449. The zero-order valence-corrected chi connectivity index (χ0v) is 21.1. The molecule has 3 saturated heterocycles. The predicted molar refractivity (Wildman–Crippen MR) is 133 cm³/mol. The van der Waals surface area contributed by atoms with Crippen molar-refractivity contribution in [3.63, 3.8) is 0 Å². The Balaban J connectivity index is 1.83. The van der Waals surface area contributed by atoms with Crippen molar-refractivity contribution in [2.75, 3.05) is 31.2 Å². The number of esters is 1. The zero-order valence-electron chi connectivity index (χ0n) is 20.3. The Morgan fingerprint density at radius 1 is 1.35 bits per heavy atom. The first-order valence-electron chi connectivity index (χ1n) is 12.0. The number of para-hydroxylation sites is 1. The summed E-state index contributed by atoms with van der Waals surface area (Å²) in [5, 5.41) is 9.76. The summed E-state index contributed by atoms with van der Waals surface area (Å²) in [4.78, 5) is 44.4. The lowest BCUT2D eigenvalue weighted by atomic mass is 9.66.